The van der Waals surface area contributed by atoms with Gasteiger partial charge in [0.25, 0.3) is 0 Å². The summed E-state index contributed by atoms with van der Waals surface area (Å²) in [6.45, 7) is 6.05. The Morgan fingerprint density at radius 3 is 2.62 bits per heavy atom. The van der Waals surface area contributed by atoms with Crippen molar-refractivity contribution < 1.29 is 4.39 Å². The summed E-state index contributed by atoms with van der Waals surface area (Å²) in [7, 11) is 1.92. The third-order valence-electron chi connectivity index (χ3n) is 4.94. The van der Waals surface area contributed by atoms with Gasteiger partial charge in [0.1, 0.15) is 11.5 Å². The molecule has 0 saturated heterocycles. The Kier molecular flexibility index (Phi) is 3.75. The Labute approximate surface area is 151 Å². The van der Waals surface area contributed by atoms with E-state index in [9.17, 15) is 0 Å². The van der Waals surface area contributed by atoms with Crippen molar-refractivity contribution in [2.24, 2.45) is 0 Å². The molecule has 3 aromatic heterocycles. The summed E-state index contributed by atoms with van der Waals surface area (Å²) in [5, 5.41) is 0.727. The normalized spacial score (nSPS) is 19.2. The predicted octanol–water partition coefficient (Wildman–Crippen LogP) is 3.43. The van der Waals surface area contributed by atoms with Gasteiger partial charge in [0.2, 0.25) is 11.7 Å². The first-order valence-electron chi connectivity index (χ1n) is 8.66. The van der Waals surface area contributed by atoms with E-state index >= 15 is 4.39 Å². The van der Waals surface area contributed by atoms with Gasteiger partial charge in [-0.1, -0.05) is 6.07 Å². The van der Waals surface area contributed by atoms with Crippen molar-refractivity contribution >= 4 is 22.8 Å². The quantitative estimate of drug-likeness (QED) is 0.673. The van der Waals surface area contributed by atoms with E-state index in [2.05, 4.69) is 28.8 Å². The molecule has 6 nitrogen and oxygen atoms in total. The van der Waals surface area contributed by atoms with E-state index in [4.69, 9.17) is 4.98 Å². The lowest BCUT2D eigenvalue weighted by Gasteiger charge is -2.30. The minimum atomic E-state index is -1.75. The Bertz CT molecular complexity index is 971. The third kappa shape index (κ3) is 2.46. The average molecular weight is 352 g/mol. The van der Waals surface area contributed by atoms with E-state index in [1.54, 1.807) is 17.3 Å². The molecule has 1 atom stereocenters. The van der Waals surface area contributed by atoms with E-state index in [-0.39, 0.29) is 6.04 Å². The first kappa shape index (κ1) is 16.6. The summed E-state index contributed by atoms with van der Waals surface area (Å²) in [5.74, 6) is -0.684. The SMILES string of the molecule is CC(C)N(C)c1nc(N2Cc3cccnc3C2(C)F)c2cccnc2n1. The number of hydrogen-bond acceptors (Lipinski definition) is 6. The van der Waals surface area contributed by atoms with Crippen LogP contribution in [-0.2, 0) is 12.3 Å². The van der Waals surface area contributed by atoms with Gasteiger partial charge in [0, 0.05) is 32.0 Å². The fraction of sp³-hybridized carbons (Fsp3) is 0.368. The van der Waals surface area contributed by atoms with Crippen molar-refractivity contribution in [3.8, 4) is 0 Å². The molecule has 7 heteroatoms. The van der Waals surface area contributed by atoms with Crippen LogP contribution in [0.5, 0.6) is 0 Å². The maximum absolute atomic E-state index is 15.7. The van der Waals surface area contributed by atoms with E-state index in [0.717, 1.165) is 10.9 Å². The van der Waals surface area contributed by atoms with Crippen LogP contribution in [-0.4, -0.2) is 33.0 Å². The molecule has 0 aliphatic carbocycles. The van der Waals surface area contributed by atoms with Gasteiger partial charge in [-0.3, -0.25) is 4.98 Å². The van der Waals surface area contributed by atoms with Crippen LogP contribution in [0.2, 0.25) is 0 Å². The fourth-order valence-electron chi connectivity index (χ4n) is 3.23. The lowest BCUT2D eigenvalue weighted by Crippen LogP contribution is -2.36. The molecule has 4 rings (SSSR count). The van der Waals surface area contributed by atoms with Gasteiger partial charge in [-0.15, -0.1) is 0 Å². The fourth-order valence-corrected chi connectivity index (χ4v) is 3.23. The number of fused-ring (bicyclic) bond motifs is 2. The van der Waals surface area contributed by atoms with Gasteiger partial charge in [-0.2, -0.15) is 9.97 Å². The summed E-state index contributed by atoms with van der Waals surface area (Å²) in [6, 6.07) is 7.64. The number of pyridine rings is 2. The minimum Gasteiger partial charge on any atom is -0.341 e. The molecular weight excluding hydrogens is 331 g/mol. The number of hydrogen-bond donors (Lipinski definition) is 0. The van der Waals surface area contributed by atoms with Gasteiger partial charge in [-0.05, 0) is 44.5 Å². The maximum atomic E-state index is 15.7. The second-order valence-electron chi connectivity index (χ2n) is 6.98. The molecule has 0 bridgehead atoms. The molecule has 0 N–H and O–H groups in total. The van der Waals surface area contributed by atoms with Crippen LogP contribution < -0.4 is 9.80 Å². The number of alkyl halides is 1. The summed E-state index contributed by atoms with van der Waals surface area (Å²) in [5.41, 5.74) is 1.86. The Morgan fingerprint density at radius 1 is 1.15 bits per heavy atom. The Morgan fingerprint density at radius 2 is 1.88 bits per heavy atom. The molecule has 0 aromatic carbocycles. The number of aromatic nitrogens is 4. The molecule has 0 spiro atoms. The van der Waals surface area contributed by atoms with Crippen LogP contribution in [0.3, 0.4) is 0 Å². The predicted molar refractivity (Wildman–Crippen MR) is 99.8 cm³/mol. The molecule has 26 heavy (non-hydrogen) atoms. The zero-order valence-electron chi connectivity index (χ0n) is 15.3. The van der Waals surface area contributed by atoms with Crippen LogP contribution in [0.1, 0.15) is 32.0 Å². The van der Waals surface area contributed by atoms with Crippen LogP contribution in [0.4, 0.5) is 16.2 Å². The highest BCUT2D eigenvalue weighted by Gasteiger charge is 2.44. The highest BCUT2D eigenvalue weighted by atomic mass is 19.1. The Balaban J connectivity index is 1.91. The smallest absolute Gasteiger partial charge is 0.229 e. The number of nitrogens with zero attached hydrogens (tertiary/aromatic N) is 6. The standard InChI is InChI=1S/C19H21FN6/c1-12(2)25(4)18-23-16-14(8-6-10-22-16)17(24-18)26-11-13-7-5-9-21-15(13)19(26,3)20/h5-10,12H,11H2,1-4H3. The number of rotatable bonds is 3. The maximum Gasteiger partial charge on any atom is 0.229 e. The van der Waals surface area contributed by atoms with Crippen LogP contribution >= 0.6 is 0 Å². The second-order valence-corrected chi connectivity index (χ2v) is 6.98. The molecule has 134 valence electrons. The highest BCUT2D eigenvalue weighted by Crippen LogP contribution is 2.43. The average Bonchev–Trinajstić information content (AvgIpc) is 2.91. The minimum absolute atomic E-state index is 0.207. The molecule has 4 heterocycles. The van der Waals surface area contributed by atoms with Crippen molar-refractivity contribution in [1.82, 2.24) is 19.9 Å². The van der Waals surface area contributed by atoms with Gasteiger partial charge in [-0.25, -0.2) is 9.37 Å². The molecule has 1 aliphatic heterocycles. The van der Waals surface area contributed by atoms with Crippen LogP contribution in [0.15, 0.2) is 36.7 Å². The molecule has 3 aromatic rings. The van der Waals surface area contributed by atoms with Crippen molar-refractivity contribution in [2.45, 2.75) is 39.2 Å². The van der Waals surface area contributed by atoms with Gasteiger partial charge >= 0.3 is 0 Å². The van der Waals surface area contributed by atoms with Crippen LogP contribution in [0.25, 0.3) is 11.0 Å². The molecule has 1 unspecified atom stereocenters. The molecule has 1 aliphatic rings. The van der Waals surface area contributed by atoms with E-state index in [0.29, 0.717) is 29.7 Å². The lowest BCUT2D eigenvalue weighted by atomic mass is 10.1. The largest absolute Gasteiger partial charge is 0.341 e. The Hall–Kier alpha value is -2.83. The third-order valence-corrected chi connectivity index (χ3v) is 4.94. The van der Waals surface area contributed by atoms with Gasteiger partial charge < -0.3 is 9.80 Å². The highest BCUT2D eigenvalue weighted by molar-refractivity contribution is 5.88. The van der Waals surface area contributed by atoms with Crippen molar-refractivity contribution in [3.63, 3.8) is 0 Å². The van der Waals surface area contributed by atoms with E-state index in [1.165, 1.54) is 6.92 Å². The summed E-state index contributed by atoms with van der Waals surface area (Å²) < 4.78 is 15.7. The van der Waals surface area contributed by atoms with E-state index < -0.39 is 5.79 Å². The van der Waals surface area contributed by atoms with Gasteiger partial charge in [0.05, 0.1) is 5.39 Å². The summed E-state index contributed by atoms with van der Waals surface area (Å²) in [4.78, 5) is 21.5. The molecule has 0 saturated carbocycles. The molecular formula is C19H21FN6. The second kappa shape index (κ2) is 5.86. The molecule has 0 fully saturated rings. The van der Waals surface area contributed by atoms with E-state index in [1.807, 2.05) is 36.2 Å². The van der Waals surface area contributed by atoms with Crippen molar-refractivity contribution in [3.05, 3.63) is 47.9 Å². The van der Waals surface area contributed by atoms with Crippen molar-refractivity contribution in [2.75, 3.05) is 16.8 Å². The number of halogens is 1. The molecule has 0 radical (unpaired) electrons. The van der Waals surface area contributed by atoms with Gasteiger partial charge in [0.15, 0.2) is 5.65 Å². The monoisotopic (exact) mass is 352 g/mol. The first-order chi connectivity index (χ1) is 12.4. The zero-order chi connectivity index (χ0) is 18.5. The topological polar surface area (TPSA) is 58.0 Å². The lowest BCUT2D eigenvalue weighted by molar-refractivity contribution is 0.190. The van der Waals surface area contributed by atoms with Crippen molar-refractivity contribution in [1.29, 1.82) is 0 Å². The first-order valence-corrected chi connectivity index (χ1v) is 8.66. The zero-order valence-corrected chi connectivity index (χ0v) is 15.3. The summed E-state index contributed by atoms with van der Waals surface area (Å²) >= 11 is 0. The summed E-state index contributed by atoms with van der Waals surface area (Å²) in [6.07, 6.45) is 3.31. The molecule has 0 amide bonds. The van der Waals surface area contributed by atoms with Crippen LogP contribution in [0, 0.1) is 0 Å². The number of anilines is 2.